The van der Waals surface area contributed by atoms with E-state index in [-0.39, 0.29) is 17.3 Å². The first-order valence-electron chi connectivity index (χ1n) is 6.09. The number of nitrogens with two attached hydrogens (primary N) is 1. The highest BCUT2D eigenvalue weighted by molar-refractivity contribution is 7.99. The monoisotopic (exact) mass is 286 g/mol. The van der Waals surface area contributed by atoms with Gasteiger partial charge >= 0.3 is 0 Å². The molecule has 3 nitrogen and oxygen atoms in total. The molecule has 2 unspecified atom stereocenters. The summed E-state index contributed by atoms with van der Waals surface area (Å²) in [6.07, 6.45) is 4.90. The van der Waals surface area contributed by atoms with E-state index in [9.17, 15) is 13.6 Å². The van der Waals surface area contributed by atoms with Crippen molar-refractivity contribution in [3.05, 3.63) is 29.3 Å². The Balaban J connectivity index is 2.06. The van der Waals surface area contributed by atoms with Crippen molar-refractivity contribution in [3.63, 3.8) is 0 Å². The molecule has 104 valence electrons. The fourth-order valence-electron chi connectivity index (χ4n) is 2.31. The molecule has 0 bridgehead atoms. The van der Waals surface area contributed by atoms with E-state index in [1.807, 2.05) is 6.26 Å². The van der Waals surface area contributed by atoms with E-state index >= 15 is 0 Å². The smallest absolute Gasteiger partial charge is 0.253 e. The largest absolute Gasteiger partial charge is 0.398 e. The third-order valence-corrected chi connectivity index (χ3v) is 4.48. The quantitative estimate of drug-likeness (QED) is 0.840. The Kier molecular flexibility index (Phi) is 4.29. The molecule has 1 fully saturated rings. The van der Waals surface area contributed by atoms with Crippen molar-refractivity contribution < 1.29 is 13.6 Å². The van der Waals surface area contributed by atoms with Crippen LogP contribution in [0.4, 0.5) is 14.5 Å². The van der Waals surface area contributed by atoms with E-state index < -0.39 is 17.5 Å². The van der Waals surface area contributed by atoms with E-state index in [0.717, 1.165) is 31.4 Å². The summed E-state index contributed by atoms with van der Waals surface area (Å²) in [6.45, 7) is 0. The van der Waals surface area contributed by atoms with Gasteiger partial charge in [-0.2, -0.15) is 11.8 Å². The van der Waals surface area contributed by atoms with Gasteiger partial charge < -0.3 is 11.1 Å². The molecular weight excluding hydrogens is 270 g/mol. The fourth-order valence-corrected chi connectivity index (χ4v) is 3.10. The molecule has 1 saturated carbocycles. The molecule has 2 rings (SSSR count). The van der Waals surface area contributed by atoms with Gasteiger partial charge in [0.25, 0.3) is 5.91 Å². The molecule has 0 spiro atoms. The number of halogens is 2. The average molecular weight is 286 g/mol. The molecule has 1 aromatic rings. The topological polar surface area (TPSA) is 55.1 Å². The number of thioether (sulfide) groups is 1. The van der Waals surface area contributed by atoms with E-state index in [2.05, 4.69) is 5.32 Å². The lowest BCUT2D eigenvalue weighted by atomic mass is 10.1. The van der Waals surface area contributed by atoms with Crippen molar-refractivity contribution in [2.75, 3.05) is 12.0 Å². The number of nitrogens with one attached hydrogen (secondary N) is 1. The predicted octanol–water partition coefficient (Wildman–Crippen LogP) is 2.56. The summed E-state index contributed by atoms with van der Waals surface area (Å²) >= 11 is 1.78. The normalized spacial score (nSPS) is 22.5. The lowest BCUT2D eigenvalue weighted by Crippen LogP contribution is -2.33. The van der Waals surface area contributed by atoms with Crippen LogP contribution < -0.4 is 11.1 Å². The molecule has 3 N–H and O–H groups in total. The third-order valence-electron chi connectivity index (χ3n) is 3.39. The van der Waals surface area contributed by atoms with Gasteiger partial charge in [-0.15, -0.1) is 0 Å². The fraction of sp³-hybridized carbons (Fsp3) is 0.462. The second-order valence-electron chi connectivity index (χ2n) is 4.69. The highest BCUT2D eigenvalue weighted by Crippen LogP contribution is 2.28. The molecule has 1 aliphatic rings. The number of rotatable bonds is 3. The van der Waals surface area contributed by atoms with Gasteiger partial charge in [-0.25, -0.2) is 8.78 Å². The summed E-state index contributed by atoms with van der Waals surface area (Å²) < 4.78 is 26.1. The zero-order valence-corrected chi connectivity index (χ0v) is 11.4. The average Bonchev–Trinajstić information content (AvgIpc) is 2.81. The summed E-state index contributed by atoms with van der Waals surface area (Å²) in [7, 11) is 0. The van der Waals surface area contributed by atoms with Gasteiger partial charge in [0.1, 0.15) is 0 Å². The highest BCUT2D eigenvalue weighted by Gasteiger charge is 2.26. The van der Waals surface area contributed by atoms with Crippen molar-refractivity contribution in [1.82, 2.24) is 5.32 Å². The molecule has 2 atom stereocenters. The molecule has 1 amide bonds. The zero-order valence-electron chi connectivity index (χ0n) is 10.6. The summed E-state index contributed by atoms with van der Waals surface area (Å²) in [6, 6.07) is 1.77. The van der Waals surface area contributed by atoms with E-state index in [1.165, 1.54) is 0 Å². The number of carbonyl (C=O) groups is 1. The number of amides is 1. The van der Waals surface area contributed by atoms with Crippen LogP contribution in [0, 0.1) is 11.6 Å². The number of hydrogen-bond acceptors (Lipinski definition) is 3. The van der Waals surface area contributed by atoms with Crippen LogP contribution in [0.15, 0.2) is 12.1 Å². The van der Waals surface area contributed by atoms with Crippen molar-refractivity contribution in [2.24, 2.45) is 0 Å². The third kappa shape index (κ3) is 3.18. The molecule has 1 aromatic carbocycles. The number of hydrogen-bond donors (Lipinski definition) is 2. The summed E-state index contributed by atoms with van der Waals surface area (Å²) in [4.78, 5) is 12.0. The number of benzene rings is 1. The Morgan fingerprint density at radius 3 is 2.68 bits per heavy atom. The Bertz CT molecular complexity index is 496. The van der Waals surface area contributed by atoms with Crippen LogP contribution in [0.3, 0.4) is 0 Å². The first kappa shape index (κ1) is 14.1. The van der Waals surface area contributed by atoms with Crippen LogP contribution in [0.2, 0.25) is 0 Å². The summed E-state index contributed by atoms with van der Waals surface area (Å²) in [5.41, 5.74) is 5.49. The van der Waals surface area contributed by atoms with E-state index in [4.69, 9.17) is 5.73 Å². The maximum atomic E-state index is 13.1. The van der Waals surface area contributed by atoms with Crippen molar-refractivity contribution in [2.45, 2.75) is 30.6 Å². The summed E-state index contributed by atoms with van der Waals surface area (Å²) in [5, 5.41) is 3.37. The minimum atomic E-state index is -1.06. The van der Waals surface area contributed by atoms with Gasteiger partial charge in [0.2, 0.25) is 0 Å². The number of carbonyl (C=O) groups excluding carboxylic acids is 1. The highest BCUT2D eigenvalue weighted by atomic mass is 32.2. The van der Waals surface area contributed by atoms with Crippen LogP contribution in [0.1, 0.15) is 29.6 Å². The first-order valence-corrected chi connectivity index (χ1v) is 7.38. The van der Waals surface area contributed by atoms with Crippen molar-refractivity contribution in [3.8, 4) is 0 Å². The molecule has 19 heavy (non-hydrogen) atoms. The molecule has 6 heteroatoms. The number of nitrogen functional groups attached to an aromatic ring is 1. The maximum Gasteiger partial charge on any atom is 0.253 e. The first-order chi connectivity index (χ1) is 9.01. The molecule has 0 heterocycles. The van der Waals surface area contributed by atoms with Crippen LogP contribution >= 0.6 is 11.8 Å². The van der Waals surface area contributed by atoms with Crippen LogP contribution in [-0.2, 0) is 0 Å². The van der Waals surface area contributed by atoms with E-state index in [0.29, 0.717) is 5.25 Å². The van der Waals surface area contributed by atoms with Crippen molar-refractivity contribution >= 4 is 23.4 Å². The molecule has 0 aliphatic heterocycles. The standard InChI is InChI=1S/C13H16F2N2OS/c1-19-8-3-2-7(4-8)17-13(18)9-5-10(14)11(15)6-12(9)16/h5-8H,2-4,16H2,1H3,(H,17,18). The maximum absolute atomic E-state index is 13.1. The minimum absolute atomic E-state index is 0.00787. The molecule has 0 radical (unpaired) electrons. The van der Waals surface area contributed by atoms with Crippen LogP contribution in [0.5, 0.6) is 0 Å². The van der Waals surface area contributed by atoms with Crippen LogP contribution in [-0.4, -0.2) is 23.5 Å². The van der Waals surface area contributed by atoms with Crippen LogP contribution in [0.25, 0.3) is 0 Å². The summed E-state index contributed by atoms with van der Waals surface area (Å²) in [5.74, 6) is -2.55. The van der Waals surface area contributed by atoms with Gasteiger partial charge in [0.15, 0.2) is 11.6 Å². The Labute approximate surface area is 114 Å². The molecule has 0 aromatic heterocycles. The van der Waals surface area contributed by atoms with Gasteiger partial charge in [-0.05, 0) is 31.6 Å². The van der Waals surface area contributed by atoms with Gasteiger partial charge in [0, 0.05) is 23.0 Å². The molecular formula is C13H16F2N2OS. The number of anilines is 1. The Morgan fingerprint density at radius 2 is 2.05 bits per heavy atom. The second-order valence-corrected chi connectivity index (χ2v) is 5.83. The zero-order chi connectivity index (χ0) is 14.0. The SMILES string of the molecule is CSC1CCC(NC(=O)c2cc(F)c(F)cc2N)C1. The predicted molar refractivity (Wildman–Crippen MR) is 73.2 cm³/mol. The lowest BCUT2D eigenvalue weighted by molar-refractivity contribution is 0.0938. The molecule has 1 aliphatic carbocycles. The molecule has 0 saturated heterocycles. The second kappa shape index (κ2) is 5.77. The van der Waals surface area contributed by atoms with E-state index in [1.54, 1.807) is 11.8 Å². The lowest BCUT2D eigenvalue weighted by Gasteiger charge is -2.14. The Morgan fingerprint density at radius 1 is 1.37 bits per heavy atom. The van der Waals surface area contributed by atoms with Gasteiger partial charge in [0.05, 0.1) is 5.56 Å². The van der Waals surface area contributed by atoms with Gasteiger partial charge in [-0.3, -0.25) is 4.79 Å². The van der Waals surface area contributed by atoms with Gasteiger partial charge in [-0.1, -0.05) is 0 Å². The van der Waals surface area contributed by atoms with Crippen molar-refractivity contribution in [1.29, 1.82) is 0 Å². The minimum Gasteiger partial charge on any atom is -0.398 e. The Hall–Kier alpha value is -1.30.